The number of hydrogen-bond acceptors (Lipinski definition) is 4. The number of hydrogen-bond donors (Lipinski definition) is 2. The number of para-hydroxylation sites is 2. The van der Waals surface area contributed by atoms with Gasteiger partial charge in [0.15, 0.2) is 11.5 Å². The van der Waals surface area contributed by atoms with Gasteiger partial charge in [0.25, 0.3) is 0 Å². The zero-order chi connectivity index (χ0) is 19.1. The third kappa shape index (κ3) is 5.69. The maximum Gasteiger partial charge on any atom is 0.387 e. The quantitative estimate of drug-likeness (QED) is 0.437. The van der Waals surface area contributed by atoms with Gasteiger partial charge in [-0.05, 0) is 35.9 Å². The summed E-state index contributed by atoms with van der Waals surface area (Å²) in [4.78, 5) is 11.9. The van der Waals surface area contributed by atoms with Crippen molar-refractivity contribution in [1.82, 2.24) is 0 Å². The highest BCUT2D eigenvalue weighted by molar-refractivity contribution is 6.03. The van der Waals surface area contributed by atoms with Crippen LogP contribution in [0.3, 0.4) is 0 Å². The van der Waals surface area contributed by atoms with E-state index in [1.165, 1.54) is 12.1 Å². The van der Waals surface area contributed by atoms with Gasteiger partial charge in [0.1, 0.15) is 0 Å². The molecule has 0 aliphatic carbocycles. The van der Waals surface area contributed by atoms with Crippen LogP contribution in [0.2, 0.25) is 0 Å². The molecule has 0 atom stereocenters. The van der Waals surface area contributed by atoms with E-state index in [4.69, 9.17) is 5.73 Å². The van der Waals surface area contributed by atoms with Crippen LogP contribution in [-0.2, 0) is 4.79 Å². The number of anilines is 2. The predicted molar refractivity (Wildman–Crippen MR) is 88.2 cm³/mol. The molecule has 0 aromatic heterocycles. The van der Waals surface area contributed by atoms with Gasteiger partial charge >= 0.3 is 13.2 Å². The Bertz CT molecular complexity index is 797. The van der Waals surface area contributed by atoms with Gasteiger partial charge in [-0.3, -0.25) is 4.79 Å². The average molecular weight is 370 g/mol. The van der Waals surface area contributed by atoms with Crippen molar-refractivity contribution < 1.29 is 31.8 Å². The van der Waals surface area contributed by atoms with E-state index < -0.39 is 30.6 Å². The number of benzene rings is 2. The van der Waals surface area contributed by atoms with E-state index in [0.717, 1.165) is 18.2 Å². The van der Waals surface area contributed by atoms with Gasteiger partial charge in [0, 0.05) is 6.08 Å². The number of carbonyl (C=O) groups excluding carboxylic acids is 1. The molecule has 0 radical (unpaired) electrons. The number of nitrogens with one attached hydrogen (secondary N) is 1. The molecule has 0 bridgehead atoms. The average Bonchev–Trinajstić information content (AvgIpc) is 2.56. The summed E-state index contributed by atoms with van der Waals surface area (Å²) < 4.78 is 57.7. The molecular weight excluding hydrogens is 356 g/mol. The fourth-order valence-corrected chi connectivity index (χ4v) is 1.97. The molecule has 1 amide bonds. The normalized spacial score (nSPS) is 11.2. The van der Waals surface area contributed by atoms with Crippen molar-refractivity contribution in [2.75, 3.05) is 11.1 Å². The Morgan fingerprint density at radius 3 is 2.31 bits per heavy atom. The first-order valence-electron chi connectivity index (χ1n) is 7.22. The summed E-state index contributed by atoms with van der Waals surface area (Å²) in [5.74, 6) is -1.64. The van der Waals surface area contributed by atoms with Crippen LogP contribution >= 0.6 is 0 Å². The fraction of sp³-hybridized carbons (Fsp3) is 0.118. The van der Waals surface area contributed by atoms with Gasteiger partial charge < -0.3 is 20.5 Å². The van der Waals surface area contributed by atoms with Crippen molar-refractivity contribution in [1.29, 1.82) is 0 Å². The standard InChI is InChI=1S/C17H14F4N2O3/c18-16(19)25-13-7-5-10(9-14(13)26-17(20)21)6-8-15(24)23-12-4-2-1-3-11(12)22/h1-9,16-17H,22H2,(H,23,24). The number of nitrogens with two attached hydrogens (primary N) is 1. The molecule has 0 spiro atoms. The minimum absolute atomic E-state index is 0.262. The first-order valence-corrected chi connectivity index (χ1v) is 7.22. The summed E-state index contributed by atoms with van der Waals surface area (Å²) in [6.45, 7) is -6.42. The van der Waals surface area contributed by atoms with Gasteiger partial charge in [0.2, 0.25) is 5.91 Å². The largest absolute Gasteiger partial charge is 0.431 e. The van der Waals surface area contributed by atoms with E-state index in [1.807, 2.05) is 0 Å². The Labute approximate surface area is 146 Å². The SMILES string of the molecule is Nc1ccccc1NC(=O)C=Cc1ccc(OC(F)F)c(OC(F)F)c1. The fourth-order valence-electron chi connectivity index (χ4n) is 1.97. The highest BCUT2D eigenvalue weighted by atomic mass is 19.3. The van der Waals surface area contributed by atoms with Crippen LogP contribution in [0.25, 0.3) is 6.08 Å². The van der Waals surface area contributed by atoms with E-state index in [1.54, 1.807) is 24.3 Å². The maximum absolute atomic E-state index is 12.4. The zero-order valence-corrected chi connectivity index (χ0v) is 13.2. The van der Waals surface area contributed by atoms with Crippen molar-refractivity contribution >= 4 is 23.4 Å². The molecule has 2 aromatic carbocycles. The maximum atomic E-state index is 12.4. The number of carbonyl (C=O) groups is 1. The molecule has 0 aliphatic heterocycles. The smallest absolute Gasteiger partial charge is 0.387 e. The minimum Gasteiger partial charge on any atom is -0.431 e. The van der Waals surface area contributed by atoms with Gasteiger partial charge in [-0.25, -0.2) is 0 Å². The lowest BCUT2D eigenvalue weighted by atomic mass is 10.2. The van der Waals surface area contributed by atoms with E-state index in [2.05, 4.69) is 14.8 Å². The molecule has 138 valence electrons. The summed E-state index contributed by atoms with van der Waals surface area (Å²) >= 11 is 0. The second-order valence-corrected chi connectivity index (χ2v) is 4.87. The Morgan fingerprint density at radius 2 is 1.65 bits per heavy atom. The molecule has 2 rings (SSSR count). The third-order valence-corrected chi connectivity index (χ3v) is 3.05. The highest BCUT2D eigenvalue weighted by Gasteiger charge is 2.15. The first-order chi connectivity index (χ1) is 12.3. The lowest BCUT2D eigenvalue weighted by molar-refractivity contribution is -0.111. The van der Waals surface area contributed by atoms with Crippen LogP contribution < -0.4 is 20.5 Å². The number of alkyl halides is 4. The Balaban J connectivity index is 2.13. The molecule has 0 fully saturated rings. The van der Waals surface area contributed by atoms with Gasteiger partial charge in [-0.1, -0.05) is 18.2 Å². The molecule has 0 saturated carbocycles. The van der Waals surface area contributed by atoms with E-state index in [9.17, 15) is 22.4 Å². The Hall–Kier alpha value is -3.23. The molecule has 9 heteroatoms. The molecule has 0 saturated heterocycles. The summed E-state index contributed by atoms with van der Waals surface area (Å²) in [7, 11) is 0. The van der Waals surface area contributed by atoms with Crippen LogP contribution in [0.15, 0.2) is 48.5 Å². The summed E-state index contributed by atoms with van der Waals surface area (Å²) in [5.41, 5.74) is 6.74. The van der Waals surface area contributed by atoms with Crippen LogP contribution in [-0.4, -0.2) is 19.1 Å². The number of rotatable bonds is 7. The van der Waals surface area contributed by atoms with Gasteiger partial charge in [-0.2, -0.15) is 17.6 Å². The molecular formula is C17H14F4N2O3. The summed E-state index contributed by atoms with van der Waals surface area (Å²) in [6.07, 6.45) is 2.42. The lowest BCUT2D eigenvalue weighted by Gasteiger charge is -2.12. The van der Waals surface area contributed by atoms with Crippen LogP contribution in [0, 0.1) is 0 Å². The zero-order valence-electron chi connectivity index (χ0n) is 13.2. The molecule has 0 heterocycles. The summed E-state index contributed by atoms with van der Waals surface area (Å²) in [6, 6.07) is 9.98. The topological polar surface area (TPSA) is 73.6 Å². The highest BCUT2D eigenvalue weighted by Crippen LogP contribution is 2.31. The molecule has 3 N–H and O–H groups in total. The summed E-state index contributed by atoms with van der Waals surface area (Å²) in [5, 5.41) is 2.54. The predicted octanol–water partition coefficient (Wildman–Crippen LogP) is 4.12. The Morgan fingerprint density at radius 1 is 1.00 bits per heavy atom. The van der Waals surface area contributed by atoms with Crippen molar-refractivity contribution in [2.24, 2.45) is 0 Å². The molecule has 5 nitrogen and oxygen atoms in total. The monoisotopic (exact) mass is 370 g/mol. The lowest BCUT2D eigenvalue weighted by Crippen LogP contribution is -2.09. The van der Waals surface area contributed by atoms with Gasteiger partial charge in [-0.15, -0.1) is 0 Å². The second kappa shape index (κ2) is 8.75. The van der Waals surface area contributed by atoms with Crippen LogP contribution in [0.4, 0.5) is 28.9 Å². The second-order valence-electron chi connectivity index (χ2n) is 4.87. The minimum atomic E-state index is -3.22. The number of amides is 1. The van der Waals surface area contributed by atoms with Crippen molar-refractivity contribution in [3.8, 4) is 11.5 Å². The number of ether oxygens (including phenoxy) is 2. The third-order valence-electron chi connectivity index (χ3n) is 3.05. The van der Waals surface area contributed by atoms with Crippen molar-refractivity contribution in [2.45, 2.75) is 13.2 Å². The van der Waals surface area contributed by atoms with Gasteiger partial charge in [0.05, 0.1) is 11.4 Å². The molecule has 0 aliphatic rings. The van der Waals surface area contributed by atoms with Crippen LogP contribution in [0.1, 0.15) is 5.56 Å². The molecule has 2 aromatic rings. The van der Waals surface area contributed by atoms with E-state index >= 15 is 0 Å². The van der Waals surface area contributed by atoms with Crippen molar-refractivity contribution in [3.05, 3.63) is 54.1 Å². The molecule has 26 heavy (non-hydrogen) atoms. The Kier molecular flexibility index (Phi) is 6.42. The first kappa shape index (κ1) is 19.1. The number of nitrogen functional groups attached to an aromatic ring is 1. The van der Waals surface area contributed by atoms with E-state index in [-0.39, 0.29) is 5.56 Å². The van der Waals surface area contributed by atoms with Crippen molar-refractivity contribution in [3.63, 3.8) is 0 Å². The number of halogens is 4. The van der Waals surface area contributed by atoms with E-state index in [0.29, 0.717) is 11.4 Å². The molecule has 0 unspecified atom stereocenters. The van der Waals surface area contributed by atoms with Crippen LogP contribution in [0.5, 0.6) is 11.5 Å².